The molecule has 2 unspecified atom stereocenters. The molecule has 2 aromatic rings. The van der Waals surface area contributed by atoms with E-state index in [4.69, 9.17) is 4.74 Å². The van der Waals surface area contributed by atoms with Gasteiger partial charge in [0, 0.05) is 68.7 Å². The number of amides is 4. The number of hydrogen-bond acceptors (Lipinski definition) is 6. The van der Waals surface area contributed by atoms with Crippen molar-refractivity contribution in [1.82, 2.24) is 14.7 Å². The van der Waals surface area contributed by atoms with Crippen LogP contribution in [0, 0.1) is 5.92 Å². The van der Waals surface area contributed by atoms with Crippen LogP contribution in [0.15, 0.2) is 48.5 Å². The first-order valence-corrected chi connectivity index (χ1v) is 17.1. The predicted octanol–water partition coefficient (Wildman–Crippen LogP) is 4.98. The van der Waals surface area contributed by atoms with E-state index < -0.39 is 5.25 Å². The SMILES string of the molecule is CC(C)CCN1C(=O)C(CC(=O)N2CCC(N3CCc4ccccc4NC3=O)CC2)SC1c1ccccc1N1CCOCC1. The molecule has 4 heterocycles. The zero-order valence-corrected chi connectivity index (χ0v) is 26.8. The molecule has 4 aliphatic heterocycles. The molecule has 0 spiro atoms. The smallest absolute Gasteiger partial charge is 0.322 e. The van der Waals surface area contributed by atoms with Crippen molar-refractivity contribution < 1.29 is 19.1 Å². The minimum Gasteiger partial charge on any atom is -0.378 e. The Hall–Kier alpha value is -3.24. The Bertz CT molecular complexity index is 1340. The van der Waals surface area contributed by atoms with Crippen molar-refractivity contribution in [2.75, 3.05) is 62.7 Å². The molecule has 0 saturated carbocycles. The number of fused-ring (bicyclic) bond motifs is 1. The minimum atomic E-state index is -0.398. The molecule has 0 aromatic heterocycles. The molecule has 2 atom stereocenters. The quantitative estimate of drug-likeness (QED) is 0.449. The summed E-state index contributed by atoms with van der Waals surface area (Å²) in [5.41, 5.74) is 4.35. The summed E-state index contributed by atoms with van der Waals surface area (Å²) in [5, 5.41) is 2.56. The van der Waals surface area contributed by atoms with Gasteiger partial charge in [-0.3, -0.25) is 9.59 Å². The van der Waals surface area contributed by atoms with Crippen LogP contribution in [0.4, 0.5) is 16.2 Å². The number of carbonyl (C=O) groups excluding carboxylic acids is 3. The first-order valence-electron chi connectivity index (χ1n) is 16.2. The third kappa shape index (κ3) is 6.71. The van der Waals surface area contributed by atoms with Gasteiger partial charge in [-0.2, -0.15) is 0 Å². The van der Waals surface area contributed by atoms with Gasteiger partial charge in [-0.25, -0.2) is 4.79 Å². The van der Waals surface area contributed by atoms with Crippen LogP contribution >= 0.6 is 11.8 Å². The zero-order chi connectivity index (χ0) is 30.6. The summed E-state index contributed by atoms with van der Waals surface area (Å²) < 4.78 is 5.60. The van der Waals surface area contributed by atoms with Gasteiger partial charge in [0.2, 0.25) is 11.8 Å². The van der Waals surface area contributed by atoms with Crippen molar-refractivity contribution in [3.05, 3.63) is 59.7 Å². The van der Waals surface area contributed by atoms with Crippen LogP contribution in [0.5, 0.6) is 0 Å². The molecule has 4 aliphatic rings. The maximum absolute atomic E-state index is 13.9. The molecular formula is C34H45N5O4S. The van der Waals surface area contributed by atoms with Gasteiger partial charge in [-0.15, -0.1) is 11.8 Å². The summed E-state index contributed by atoms with van der Waals surface area (Å²) in [6.45, 7) is 10.00. The summed E-state index contributed by atoms with van der Waals surface area (Å²) in [4.78, 5) is 48.7. The molecule has 1 N–H and O–H groups in total. The van der Waals surface area contributed by atoms with Gasteiger partial charge in [0.1, 0.15) is 5.37 Å². The van der Waals surface area contributed by atoms with Crippen LogP contribution in [0.2, 0.25) is 0 Å². The lowest BCUT2D eigenvalue weighted by Gasteiger charge is -2.38. The van der Waals surface area contributed by atoms with Gasteiger partial charge in [-0.1, -0.05) is 50.2 Å². The second-order valence-electron chi connectivity index (χ2n) is 12.7. The Balaban J connectivity index is 1.10. The highest BCUT2D eigenvalue weighted by Crippen LogP contribution is 2.47. The van der Waals surface area contributed by atoms with E-state index in [0.29, 0.717) is 45.3 Å². The van der Waals surface area contributed by atoms with Gasteiger partial charge < -0.3 is 29.7 Å². The standard InChI is InChI=1S/C34H45N5O4S/c1-24(2)11-17-39-32(41)30(44-33(39)27-8-4-6-10-29(27)36-19-21-43-22-20-36)23-31(40)37-15-13-26(14-16-37)38-18-12-25-7-3-5-9-28(25)35-34(38)42/h3-10,24,26,30,33H,11-23H2,1-2H3,(H,35,42). The lowest BCUT2D eigenvalue weighted by molar-refractivity contribution is -0.136. The number of para-hydroxylation sites is 2. The van der Waals surface area contributed by atoms with Crippen molar-refractivity contribution in [2.45, 2.75) is 62.6 Å². The fourth-order valence-electron chi connectivity index (χ4n) is 6.83. The van der Waals surface area contributed by atoms with Gasteiger partial charge in [0.05, 0.1) is 18.5 Å². The number of anilines is 2. The molecule has 4 amide bonds. The summed E-state index contributed by atoms with van der Waals surface area (Å²) in [5.74, 6) is 0.583. The third-order valence-corrected chi connectivity index (χ3v) is 10.9. The number of carbonyl (C=O) groups is 3. The van der Waals surface area contributed by atoms with Crippen LogP contribution < -0.4 is 10.2 Å². The number of urea groups is 1. The number of benzene rings is 2. The molecule has 236 valence electrons. The Morgan fingerprint density at radius 2 is 1.70 bits per heavy atom. The second kappa shape index (κ2) is 13.8. The number of rotatable bonds is 8. The number of likely N-dealkylation sites (tertiary alicyclic amines) is 1. The Labute approximate surface area is 265 Å². The fraction of sp³-hybridized carbons (Fsp3) is 0.559. The van der Waals surface area contributed by atoms with Crippen molar-refractivity contribution in [3.8, 4) is 0 Å². The van der Waals surface area contributed by atoms with Gasteiger partial charge in [0.25, 0.3) is 0 Å². The van der Waals surface area contributed by atoms with E-state index in [9.17, 15) is 14.4 Å². The molecule has 9 nitrogen and oxygen atoms in total. The molecule has 3 saturated heterocycles. The molecule has 0 bridgehead atoms. The highest BCUT2D eigenvalue weighted by atomic mass is 32.2. The molecule has 0 aliphatic carbocycles. The first-order chi connectivity index (χ1) is 21.4. The number of ether oxygens (including phenoxy) is 1. The van der Waals surface area contributed by atoms with E-state index in [2.05, 4.69) is 54.4 Å². The van der Waals surface area contributed by atoms with Crippen molar-refractivity contribution >= 4 is 41.0 Å². The van der Waals surface area contributed by atoms with Crippen LogP contribution in [0.25, 0.3) is 0 Å². The monoisotopic (exact) mass is 619 g/mol. The zero-order valence-electron chi connectivity index (χ0n) is 26.0. The van der Waals surface area contributed by atoms with Gasteiger partial charge in [0.15, 0.2) is 0 Å². The highest BCUT2D eigenvalue weighted by Gasteiger charge is 2.43. The number of thioether (sulfide) groups is 1. The molecule has 10 heteroatoms. The Morgan fingerprint density at radius 3 is 2.48 bits per heavy atom. The van der Waals surface area contributed by atoms with Crippen LogP contribution in [-0.4, -0.2) is 96.3 Å². The normalized spacial score (nSPS) is 23.2. The van der Waals surface area contributed by atoms with E-state index in [0.717, 1.165) is 61.3 Å². The van der Waals surface area contributed by atoms with Gasteiger partial charge in [-0.05, 0) is 49.3 Å². The van der Waals surface area contributed by atoms with Crippen molar-refractivity contribution in [2.24, 2.45) is 5.92 Å². The van der Waals surface area contributed by atoms with E-state index in [1.807, 2.05) is 32.9 Å². The van der Waals surface area contributed by atoms with E-state index in [-0.39, 0.29) is 35.7 Å². The number of piperidine rings is 1. The maximum atomic E-state index is 13.9. The molecular weight excluding hydrogens is 574 g/mol. The molecule has 44 heavy (non-hydrogen) atoms. The van der Waals surface area contributed by atoms with E-state index in [1.54, 1.807) is 11.8 Å². The lowest BCUT2D eigenvalue weighted by Crippen LogP contribution is -2.50. The van der Waals surface area contributed by atoms with Gasteiger partial charge >= 0.3 is 6.03 Å². The summed E-state index contributed by atoms with van der Waals surface area (Å²) in [7, 11) is 0. The topological polar surface area (TPSA) is 85.4 Å². The summed E-state index contributed by atoms with van der Waals surface area (Å²) >= 11 is 1.63. The minimum absolute atomic E-state index is 0.0351. The van der Waals surface area contributed by atoms with E-state index in [1.165, 1.54) is 0 Å². The molecule has 6 rings (SSSR count). The third-order valence-electron chi connectivity index (χ3n) is 9.40. The van der Waals surface area contributed by atoms with Crippen LogP contribution in [-0.2, 0) is 20.7 Å². The number of hydrogen-bond donors (Lipinski definition) is 1. The van der Waals surface area contributed by atoms with Crippen LogP contribution in [0.1, 0.15) is 56.0 Å². The number of morpholine rings is 1. The summed E-state index contributed by atoms with van der Waals surface area (Å²) in [6, 6.07) is 16.4. The van der Waals surface area contributed by atoms with E-state index >= 15 is 0 Å². The Morgan fingerprint density at radius 1 is 0.977 bits per heavy atom. The molecule has 3 fully saturated rings. The average molecular weight is 620 g/mol. The van der Waals surface area contributed by atoms with Crippen molar-refractivity contribution in [1.29, 1.82) is 0 Å². The predicted molar refractivity (Wildman–Crippen MR) is 175 cm³/mol. The summed E-state index contributed by atoms with van der Waals surface area (Å²) in [6.07, 6.45) is 3.45. The van der Waals surface area contributed by atoms with Crippen molar-refractivity contribution in [3.63, 3.8) is 0 Å². The Kier molecular flexibility index (Phi) is 9.66. The largest absolute Gasteiger partial charge is 0.378 e. The molecule has 2 aromatic carbocycles. The maximum Gasteiger partial charge on any atom is 0.322 e. The number of nitrogens with one attached hydrogen (secondary N) is 1. The fourth-order valence-corrected chi connectivity index (χ4v) is 8.33. The average Bonchev–Trinajstić information content (AvgIpc) is 3.24. The highest BCUT2D eigenvalue weighted by molar-refractivity contribution is 8.01. The number of nitrogens with zero attached hydrogens (tertiary/aromatic N) is 4. The first kappa shape index (κ1) is 30.8. The molecule has 0 radical (unpaired) electrons. The van der Waals surface area contributed by atoms with Crippen LogP contribution in [0.3, 0.4) is 0 Å². The lowest BCUT2D eigenvalue weighted by atomic mass is 10.0. The second-order valence-corrected chi connectivity index (χ2v) is 14.0.